The molecule has 0 saturated heterocycles. The number of halogens is 2. The molecule has 0 unspecified atom stereocenters. The average molecular weight is 226 g/mol. The maximum atomic E-state index is 13.2. The predicted octanol–water partition coefficient (Wildman–Crippen LogP) is 3.96. The SMILES string of the molecule is CC1CCC(c2cc(F)c(O)c(F)c2)CC1. The quantitative estimate of drug-likeness (QED) is 0.768. The lowest BCUT2D eigenvalue weighted by Gasteiger charge is -2.26. The van der Waals surface area contributed by atoms with Gasteiger partial charge < -0.3 is 5.11 Å². The van der Waals surface area contributed by atoms with Crippen molar-refractivity contribution in [1.29, 1.82) is 0 Å². The topological polar surface area (TPSA) is 20.2 Å². The van der Waals surface area contributed by atoms with Gasteiger partial charge in [-0.3, -0.25) is 0 Å². The normalized spacial score (nSPS) is 25.7. The molecule has 16 heavy (non-hydrogen) atoms. The summed E-state index contributed by atoms with van der Waals surface area (Å²) in [6, 6.07) is 2.53. The number of benzene rings is 1. The molecule has 1 N–H and O–H groups in total. The number of hydrogen-bond donors (Lipinski definition) is 1. The van der Waals surface area contributed by atoms with E-state index in [0.717, 1.165) is 25.7 Å². The molecule has 0 atom stereocenters. The monoisotopic (exact) mass is 226 g/mol. The third-order valence-corrected chi connectivity index (χ3v) is 3.53. The third kappa shape index (κ3) is 2.18. The van der Waals surface area contributed by atoms with E-state index in [2.05, 4.69) is 6.92 Å². The summed E-state index contributed by atoms with van der Waals surface area (Å²) in [5, 5.41) is 9.02. The van der Waals surface area contributed by atoms with Gasteiger partial charge in [0.25, 0.3) is 0 Å². The molecule has 1 nitrogen and oxygen atoms in total. The van der Waals surface area contributed by atoms with E-state index in [1.807, 2.05) is 0 Å². The summed E-state index contributed by atoms with van der Waals surface area (Å²) < 4.78 is 26.4. The standard InChI is InChI=1S/C13H16F2O/c1-8-2-4-9(5-3-8)10-6-11(14)13(16)12(15)7-10/h6-9,16H,2-5H2,1H3. The third-order valence-electron chi connectivity index (χ3n) is 3.53. The van der Waals surface area contributed by atoms with E-state index in [0.29, 0.717) is 11.5 Å². The van der Waals surface area contributed by atoms with Crippen LogP contribution in [0, 0.1) is 17.6 Å². The molecule has 0 aromatic heterocycles. The van der Waals surface area contributed by atoms with Gasteiger partial charge in [-0.15, -0.1) is 0 Å². The van der Waals surface area contributed by atoms with Gasteiger partial charge in [-0.1, -0.05) is 19.8 Å². The lowest BCUT2D eigenvalue weighted by molar-refractivity contribution is 0.344. The van der Waals surface area contributed by atoms with Crippen molar-refractivity contribution in [3.05, 3.63) is 29.3 Å². The van der Waals surface area contributed by atoms with Crippen LogP contribution in [0.3, 0.4) is 0 Å². The maximum Gasteiger partial charge on any atom is 0.187 e. The van der Waals surface area contributed by atoms with Crippen LogP contribution in [0.5, 0.6) is 5.75 Å². The van der Waals surface area contributed by atoms with E-state index < -0.39 is 17.4 Å². The minimum absolute atomic E-state index is 0.237. The zero-order valence-electron chi connectivity index (χ0n) is 9.34. The highest BCUT2D eigenvalue weighted by atomic mass is 19.1. The van der Waals surface area contributed by atoms with Gasteiger partial charge in [0, 0.05) is 0 Å². The lowest BCUT2D eigenvalue weighted by Crippen LogP contribution is -2.11. The first kappa shape index (κ1) is 11.4. The second-order valence-electron chi connectivity index (χ2n) is 4.79. The molecule has 1 aromatic rings. The van der Waals surface area contributed by atoms with Crippen molar-refractivity contribution in [3.8, 4) is 5.75 Å². The minimum atomic E-state index is -0.868. The fourth-order valence-corrected chi connectivity index (χ4v) is 2.41. The molecule has 1 aromatic carbocycles. The van der Waals surface area contributed by atoms with Gasteiger partial charge in [0.05, 0.1) is 0 Å². The second-order valence-corrected chi connectivity index (χ2v) is 4.79. The molecule has 0 heterocycles. The number of rotatable bonds is 1. The number of phenolic OH excluding ortho intramolecular Hbond substituents is 1. The predicted molar refractivity (Wildman–Crippen MR) is 58.4 cm³/mol. The van der Waals surface area contributed by atoms with Crippen LogP contribution in [0.25, 0.3) is 0 Å². The van der Waals surface area contributed by atoms with Gasteiger partial charge in [-0.25, -0.2) is 8.78 Å². The Bertz CT molecular complexity index is 359. The summed E-state index contributed by atoms with van der Waals surface area (Å²) in [5.74, 6) is -1.63. The second kappa shape index (κ2) is 4.40. The molecular weight excluding hydrogens is 210 g/mol. The van der Waals surface area contributed by atoms with E-state index in [1.54, 1.807) is 0 Å². The molecular formula is C13H16F2O. The summed E-state index contributed by atoms with van der Waals surface area (Å²) >= 11 is 0. The molecule has 0 bridgehead atoms. The summed E-state index contributed by atoms with van der Waals surface area (Å²) in [4.78, 5) is 0. The van der Waals surface area contributed by atoms with E-state index in [-0.39, 0.29) is 5.92 Å². The molecule has 1 aliphatic rings. The Morgan fingerprint density at radius 1 is 1.06 bits per heavy atom. The van der Waals surface area contributed by atoms with E-state index in [9.17, 15) is 8.78 Å². The Balaban J connectivity index is 2.21. The van der Waals surface area contributed by atoms with Gasteiger partial charge >= 0.3 is 0 Å². The van der Waals surface area contributed by atoms with Crippen LogP contribution in [0.4, 0.5) is 8.78 Å². The van der Waals surface area contributed by atoms with Crippen molar-refractivity contribution in [1.82, 2.24) is 0 Å². The first-order valence-corrected chi connectivity index (χ1v) is 5.76. The molecule has 0 radical (unpaired) electrons. The molecule has 1 aliphatic carbocycles. The minimum Gasteiger partial charge on any atom is -0.503 e. The van der Waals surface area contributed by atoms with Crippen molar-refractivity contribution in [2.24, 2.45) is 5.92 Å². The highest BCUT2D eigenvalue weighted by Gasteiger charge is 2.22. The van der Waals surface area contributed by atoms with Crippen molar-refractivity contribution in [2.75, 3.05) is 0 Å². The fraction of sp³-hybridized carbons (Fsp3) is 0.538. The van der Waals surface area contributed by atoms with Gasteiger partial charge in [0.2, 0.25) is 0 Å². The van der Waals surface area contributed by atoms with Gasteiger partial charge in [0.15, 0.2) is 17.4 Å². The van der Waals surface area contributed by atoms with E-state index >= 15 is 0 Å². The molecule has 1 fully saturated rings. The molecule has 0 amide bonds. The number of hydrogen-bond acceptors (Lipinski definition) is 1. The smallest absolute Gasteiger partial charge is 0.187 e. The lowest BCUT2D eigenvalue weighted by atomic mass is 9.79. The zero-order chi connectivity index (χ0) is 11.7. The Labute approximate surface area is 94.1 Å². The summed E-state index contributed by atoms with van der Waals surface area (Å²) in [5.41, 5.74) is 0.680. The Morgan fingerprint density at radius 3 is 2.06 bits per heavy atom. The molecule has 3 heteroatoms. The highest BCUT2D eigenvalue weighted by Crippen LogP contribution is 2.37. The van der Waals surface area contributed by atoms with Crippen molar-refractivity contribution >= 4 is 0 Å². The van der Waals surface area contributed by atoms with E-state index in [4.69, 9.17) is 5.11 Å². The molecule has 1 saturated carbocycles. The summed E-state index contributed by atoms with van der Waals surface area (Å²) in [6.45, 7) is 2.20. The van der Waals surface area contributed by atoms with Crippen molar-refractivity contribution in [3.63, 3.8) is 0 Å². The Hall–Kier alpha value is -1.12. The van der Waals surface area contributed by atoms with Crippen LogP contribution in [-0.2, 0) is 0 Å². The van der Waals surface area contributed by atoms with Gasteiger partial charge in [-0.2, -0.15) is 0 Å². The summed E-state index contributed by atoms with van der Waals surface area (Å²) in [7, 11) is 0. The van der Waals surface area contributed by atoms with Gasteiger partial charge in [0.1, 0.15) is 0 Å². The molecule has 2 rings (SSSR count). The highest BCUT2D eigenvalue weighted by molar-refractivity contribution is 5.32. The number of phenols is 1. The van der Waals surface area contributed by atoms with Crippen LogP contribution in [-0.4, -0.2) is 5.11 Å². The fourth-order valence-electron chi connectivity index (χ4n) is 2.41. The van der Waals surface area contributed by atoms with Crippen molar-refractivity contribution in [2.45, 2.75) is 38.5 Å². The van der Waals surface area contributed by atoms with Crippen LogP contribution < -0.4 is 0 Å². The summed E-state index contributed by atoms with van der Waals surface area (Å²) in [6.07, 6.45) is 4.17. The van der Waals surface area contributed by atoms with Crippen LogP contribution in [0.1, 0.15) is 44.1 Å². The first-order chi connectivity index (χ1) is 7.58. The average Bonchev–Trinajstić information content (AvgIpc) is 2.26. The molecule has 88 valence electrons. The molecule has 0 aliphatic heterocycles. The van der Waals surface area contributed by atoms with E-state index in [1.165, 1.54) is 12.1 Å². The Kier molecular flexibility index (Phi) is 3.13. The number of aromatic hydroxyl groups is 1. The van der Waals surface area contributed by atoms with Crippen LogP contribution in [0.2, 0.25) is 0 Å². The maximum absolute atomic E-state index is 13.2. The van der Waals surface area contributed by atoms with Gasteiger partial charge in [-0.05, 0) is 42.4 Å². The molecule has 0 spiro atoms. The van der Waals surface area contributed by atoms with Crippen molar-refractivity contribution < 1.29 is 13.9 Å². The van der Waals surface area contributed by atoms with Crippen LogP contribution in [0.15, 0.2) is 12.1 Å². The largest absolute Gasteiger partial charge is 0.503 e. The Morgan fingerprint density at radius 2 is 1.56 bits per heavy atom. The first-order valence-electron chi connectivity index (χ1n) is 5.76. The zero-order valence-corrected chi connectivity index (χ0v) is 9.34. The van der Waals surface area contributed by atoms with Crippen LogP contribution >= 0.6 is 0 Å².